The van der Waals surface area contributed by atoms with Gasteiger partial charge in [0.15, 0.2) is 0 Å². The van der Waals surface area contributed by atoms with Crippen molar-refractivity contribution in [2.45, 2.75) is 50.6 Å². The van der Waals surface area contributed by atoms with E-state index >= 15 is 0 Å². The molecule has 0 bridgehead atoms. The normalized spacial score (nSPS) is 26.7. The molecule has 0 aromatic heterocycles. The molecule has 1 fully saturated rings. The molecule has 1 unspecified atom stereocenters. The van der Waals surface area contributed by atoms with E-state index in [0.29, 0.717) is 12.1 Å². The number of carbonyl (C=O) groups is 1. The van der Waals surface area contributed by atoms with Crippen molar-refractivity contribution in [3.63, 3.8) is 0 Å². The van der Waals surface area contributed by atoms with Gasteiger partial charge in [0.2, 0.25) is 0 Å². The highest BCUT2D eigenvalue weighted by Crippen LogP contribution is 2.18. The third kappa shape index (κ3) is 2.50. The fourth-order valence-corrected chi connectivity index (χ4v) is 1.89. The van der Waals surface area contributed by atoms with Gasteiger partial charge in [-0.2, -0.15) is 0 Å². The lowest BCUT2D eigenvalue weighted by Gasteiger charge is -2.28. The average Bonchev–Trinajstić information content (AvgIpc) is 2.13. The van der Waals surface area contributed by atoms with Gasteiger partial charge in [0.1, 0.15) is 0 Å². The topological polar surface area (TPSA) is 41.1 Å². The summed E-state index contributed by atoms with van der Waals surface area (Å²) in [5.41, 5.74) is 0. The molecule has 1 saturated carbocycles. The molecular weight excluding hydrogens is 176 g/mol. The zero-order valence-corrected chi connectivity index (χ0v) is 8.46. The number of rotatable bonds is 2. The molecule has 2 N–H and O–H groups in total. The molecule has 0 aliphatic heterocycles. The van der Waals surface area contributed by atoms with Crippen molar-refractivity contribution in [1.29, 1.82) is 0 Å². The second-order valence-corrected chi connectivity index (χ2v) is 4.23. The third-order valence-corrected chi connectivity index (χ3v) is 3.04. The highest BCUT2D eigenvalue weighted by molar-refractivity contribution is 5.74. The quantitative estimate of drug-likeness (QED) is 0.648. The van der Waals surface area contributed by atoms with E-state index in [4.69, 9.17) is 0 Å². The molecule has 2 aliphatic rings. The summed E-state index contributed by atoms with van der Waals surface area (Å²) in [6, 6.07) is 0.809. The van der Waals surface area contributed by atoms with E-state index in [-0.39, 0.29) is 6.03 Å². The smallest absolute Gasteiger partial charge is 0.315 e. The SMILES string of the molecule is O=C(NC1CC=CCC1)NC1CCC1. The lowest BCUT2D eigenvalue weighted by Crippen LogP contribution is -2.48. The molecule has 1 atom stereocenters. The Morgan fingerprint density at radius 1 is 1.07 bits per heavy atom. The molecule has 2 amide bonds. The van der Waals surface area contributed by atoms with Crippen LogP contribution in [0.15, 0.2) is 12.2 Å². The molecule has 78 valence electrons. The van der Waals surface area contributed by atoms with E-state index in [1.165, 1.54) is 6.42 Å². The number of urea groups is 1. The van der Waals surface area contributed by atoms with E-state index in [1.54, 1.807) is 0 Å². The van der Waals surface area contributed by atoms with Gasteiger partial charge in [-0.05, 0) is 38.5 Å². The van der Waals surface area contributed by atoms with Gasteiger partial charge >= 0.3 is 6.03 Å². The predicted octanol–water partition coefficient (Wildman–Crippen LogP) is 1.95. The van der Waals surface area contributed by atoms with Gasteiger partial charge in [-0.25, -0.2) is 4.79 Å². The Balaban J connectivity index is 1.67. The van der Waals surface area contributed by atoms with E-state index in [1.807, 2.05) is 0 Å². The lowest BCUT2D eigenvalue weighted by molar-refractivity contribution is 0.223. The monoisotopic (exact) mass is 194 g/mol. The number of nitrogens with one attached hydrogen (secondary N) is 2. The Morgan fingerprint density at radius 2 is 1.86 bits per heavy atom. The zero-order valence-electron chi connectivity index (χ0n) is 8.46. The minimum atomic E-state index is 0.0231. The highest BCUT2D eigenvalue weighted by Gasteiger charge is 2.20. The minimum Gasteiger partial charge on any atom is -0.335 e. The van der Waals surface area contributed by atoms with E-state index in [2.05, 4.69) is 22.8 Å². The van der Waals surface area contributed by atoms with Crippen LogP contribution in [0.1, 0.15) is 38.5 Å². The molecule has 0 radical (unpaired) electrons. The first-order chi connectivity index (χ1) is 6.84. The van der Waals surface area contributed by atoms with Gasteiger partial charge in [-0.1, -0.05) is 12.2 Å². The van der Waals surface area contributed by atoms with Gasteiger partial charge < -0.3 is 10.6 Å². The average molecular weight is 194 g/mol. The summed E-state index contributed by atoms with van der Waals surface area (Å²) in [7, 11) is 0. The Labute approximate surface area is 84.9 Å². The number of allylic oxidation sites excluding steroid dienone is 1. The van der Waals surface area contributed by atoms with Crippen LogP contribution in [0.25, 0.3) is 0 Å². The molecule has 3 heteroatoms. The van der Waals surface area contributed by atoms with Crippen molar-refractivity contribution >= 4 is 6.03 Å². The first-order valence-electron chi connectivity index (χ1n) is 5.56. The van der Waals surface area contributed by atoms with E-state index in [9.17, 15) is 4.79 Å². The molecule has 0 spiro atoms. The summed E-state index contributed by atoms with van der Waals surface area (Å²) >= 11 is 0. The van der Waals surface area contributed by atoms with Crippen molar-refractivity contribution in [2.24, 2.45) is 0 Å². The number of amides is 2. The molecule has 14 heavy (non-hydrogen) atoms. The van der Waals surface area contributed by atoms with Crippen LogP contribution in [0.5, 0.6) is 0 Å². The van der Waals surface area contributed by atoms with Crippen molar-refractivity contribution < 1.29 is 4.79 Å². The number of hydrogen-bond acceptors (Lipinski definition) is 1. The van der Waals surface area contributed by atoms with E-state index in [0.717, 1.165) is 32.1 Å². The van der Waals surface area contributed by atoms with Crippen LogP contribution in [0.2, 0.25) is 0 Å². The number of carbonyl (C=O) groups excluding carboxylic acids is 1. The van der Waals surface area contributed by atoms with Gasteiger partial charge in [0.25, 0.3) is 0 Å². The lowest BCUT2D eigenvalue weighted by atomic mass is 9.93. The second-order valence-electron chi connectivity index (χ2n) is 4.23. The Bertz CT molecular complexity index is 233. The Morgan fingerprint density at radius 3 is 2.43 bits per heavy atom. The molecule has 0 aromatic rings. The zero-order chi connectivity index (χ0) is 9.80. The number of hydrogen-bond donors (Lipinski definition) is 2. The summed E-state index contributed by atoms with van der Waals surface area (Å²) in [5, 5.41) is 6.01. The van der Waals surface area contributed by atoms with Gasteiger partial charge in [0.05, 0.1) is 0 Å². The molecule has 2 aliphatic carbocycles. The maximum absolute atomic E-state index is 11.5. The van der Waals surface area contributed by atoms with Crippen LogP contribution in [0.4, 0.5) is 4.79 Å². The molecule has 0 saturated heterocycles. The maximum Gasteiger partial charge on any atom is 0.315 e. The first-order valence-corrected chi connectivity index (χ1v) is 5.56. The van der Waals surface area contributed by atoms with Crippen LogP contribution in [-0.2, 0) is 0 Å². The summed E-state index contributed by atoms with van der Waals surface area (Å²) in [6.45, 7) is 0. The van der Waals surface area contributed by atoms with Crippen LogP contribution in [0.3, 0.4) is 0 Å². The van der Waals surface area contributed by atoms with Crippen LogP contribution >= 0.6 is 0 Å². The van der Waals surface area contributed by atoms with Crippen molar-refractivity contribution in [3.05, 3.63) is 12.2 Å². The second kappa shape index (κ2) is 4.49. The molecule has 2 rings (SSSR count). The van der Waals surface area contributed by atoms with E-state index < -0.39 is 0 Å². The van der Waals surface area contributed by atoms with Crippen molar-refractivity contribution in [1.82, 2.24) is 10.6 Å². The Hall–Kier alpha value is -0.990. The van der Waals surface area contributed by atoms with Gasteiger partial charge in [0, 0.05) is 12.1 Å². The van der Waals surface area contributed by atoms with Gasteiger partial charge in [-0.3, -0.25) is 0 Å². The standard InChI is InChI=1S/C11H18N2O/c14-11(13-10-7-4-8-10)12-9-5-2-1-3-6-9/h1-2,9-10H,3-8H2,(H2,12,13,14). The molecule has 3 nitrogen and oxygen atoms in total. The van der Waals surface area contributed by atoms with Crippen LogP contribution < -0.4 is 10.6 Å². The summed E-state index contributed by atoms with van der Waals surface area (Å²) < 4.78 is 0. The summed E-state index contributed by atoms with van der Waals surface area (Å²) in [5.74, 6) is 0. The fraction of sp³-hybridized carbons (Fsp3) is 0.727. The van der Waals surface area contributed by atoms with Crippen LogP contribution in [-0.4, -0.2) is 18.1 Å². The largest absolute Gasteiger partial charge is 0.335 e. The predicted molar refractivity (Wildman–Crippen MR) is 56.1 cm³/mol. The first kappa shape index (κ1) is 9.56. The summed E-state index contributed by atoms with van der Waals surface area (Å²) in [6.07, 6.45) is 11.0. The molecular formula is C11H18N2O. The fourth-order valence-electron chi connectivity index (χ4n) is 1.89. The maximum atomic E-state index is 11.5. The van der Waals surface area contributed by atoms with Gasteiger partial charge in [-0.15, -0.1) is 0 Å². The minimum absolute atomic E-state index is 0.0231. The van der Waals surface area contributed by atoms with Crippen molar-refractivity contribution in [3.8, 4) is 0 Å². The third-order valence-electron chi connectivity index (χ3n) is 3.04. The summed E-state index contributed by atoms with van der Waals surface area (Å²) in [4.78, 5) is 11.5. The molecule has 0 heterocycles. The van der Waals surface area contributed by atoms with Crippen LogP contribution in [0, 0.1) is 0 Å². The molecule has 0 aromatic carbocycles. The van der Waals surface area contributed by atoms with Crippen molar-refractivity contribution in [2.75, 3.05) is 0 Å². The Kier molecular flexibility index (Phi) is 3.07. The highest BCUT2D eigenvalue weighted by atomic mass is 16.2.